The van der Waals surface area contributed by atoms with Crippen molar-refractivity contribution in [2.75, 3.05) is 19.6 Å². The summed E-state index contributed by atoms with van der Waals surface area (Å²) >= 11 is 0. The SMILES string of the molecule is CC(C)n1c([C@H]2CCCN(CCCCC#N)C2)nc2ccccc21. The molecule has 2 heterocycles. The Kier molecular flexibility index (Phi) is 5.52. The molecule has 128 valence electrons. The molecule has 1 fully saturated rings. The molecule has 0 saturated carbocycles. The highest BCUT2D eigenvalue weighted by molar-refractivity contribution is 5.76. The molecule has 2 aromatic rings. The van der Waals surface area contributed by atoms with Crippen molar-refractivity contribution in [2.24, 2.45) is 0 Å². The maximum absolute atomic E-state index is 8.67. The van der Waals surface area contributed by atoms with Crippen LogP contribution in [-0.2, 0) is 0 Å². The largest absolute Gasteiger partial charge is 0.325 e. The summed E-state index contributed by atoms with van der Waals surface area (Å²) in [6, 6.07) is 11.2. The van der Waals surface area contributed by atoms with Crippen molar-refractivity contribution in [3.05, 3.63) is 30.1 Å². The van der Waals surface area contributed by atoms with Gasteiger partial charge >= 0.3 is 0 Å². The number of nitriles is 1. The minimum absolute atomic E-state index is 0.429. The fourth-order valence-corrected chi connectivity index (χ4v) is 3.90. The summed E-state index contributed by atoms with van der Waals surface area (Å²) in [6.07, 6.45) is 5.29. The molecule has 1 atom stereocenters. The van der Waals surface area contributed by atoms with Crippen molar-refractivity contribution < 1.29 is 0 Å². The number of likely N-dealkylation sites (tertiary alicyclic amines) is 1. The summed E-state index contributed by atoms with van der Waals surface area (Å²) in [5.74, 6) is 1.78. The second kappa shape index (κ2) is 7.81. The first-order chi connectivity index (χ1) is 11.7. The van der Waals surface area contributed by atoms with E-state index in [0.29, 0.717) is 18.4 Å². The van der Waals surface area contributed by atoms with Crippen molar-refractivity contribution in [1.82, 2.24) is 14.5 Å². The van der Waals surface area contributed by atoms with Gasteiger partial charge in [-0.1, -0.05) is 12.1 Å². The zero-order valence-electron chi connectivity index (χ0n) is 14.9. The first kappa shape index (κ1) is 17.0. The van der Waals surface area contributed by atoms with Gasteiger partial charge in [0.25, 0.3) is 0 Å². The Labute approximate surface area is 145 Å². The molecule has 0 amide bonds. The van der Waals surface area contributed by atoms with Crippen molar-refractivity contribution >= 4 is 11.0 Å². The quantitative estimate of drug-likeness (QED) is 0.735. The molecule has 1 aromatic heterocycles. The number of hydrogen-bond acceptors (Lipinski definition) is 3. The molecular weight excluding hydrogens is 296 g/mol. The third-order valence-electron chi connectivity index (χ3n) is 5.02. The molecule has 24 heavy (non-hydrogen) atoms. The van der Waals surface area contributed by atoms with E-state index >= 15 is 0 Å². The lowest BCUT2D eigenvalue weighted by Gasteiger charge is -2.33. The van der Waals surface area contributed by atoms with Gasteiger partial charge in [0.15, 0.2) is 0 Å². The number of rotatable bonds is 6. The predicted molar refractivity (Wildman–Crippen MR) is 98.0 cm³/mol. The van der Waals surface area contributed by atoms with Gasteiger partial charge < -0.3 is 9.47 Å². The summed E-state index contributed by atoms with van der Waals surface area (Å²) in [4.78, 5) is 7.56. The molecule has 0 radical (unpaired) electrons. The number of fused-ring (bicyclic) bond motifs is 1. The van der Waals surface area contributed by atoms with Crippen molar-refractivity contribution in [3.8, 4) is 6.07 Å². The Hall–Kier alpha value is -1.86. The van der Waals surface area contributed by atoms with E-state index < -0.39 is 0 Å². The minimum Gasteiger partial charge on any atom is -0.325 e. The first-order valence-corrected chi connectivity index (χ1v) is 9.27. The maximum atomic E-state index is 8.67. The van der Waals surface area contributed by atoms with Crippen LogP contribution in [0.25, 0.3) is 11.0 Å². The Morgan fingerprint density at radius 1 is 1.29 bits per heavy atom. The molecule has 1 aromatic carbocycles. The molecule has 1 aliphatic heterocycles. The zero-order valence-corrected chi connectivity index (χ0v) is 14.9. The molecule has 0 bridgehead atoms. The molecular formula is C20H28N4. The summed E-state index contributed by atoms with van der Waals surface area (Å²) < 4.78 is 2.43. The second-order valence-electron chi connectivity index (χ2n) is 7.18. The number of unbranched alkanes of at least 4 members (excludes halogenated alkanes) is 2. The molecule has 0 unspecified atom stereocenters. The van der Waals surface area contributed by atoms with Crippen LogP contribution in [-0.4, -0.2) is 34.1 Å². The van der Waals surface area contributed by atoms with Gasteiger partial charge in [-0.25, -0.2) is 4.98 Å². The Morgan fingerprint density at radius 2 is 2.12 bits per heavy atom. The molecule has 0 aliphatic carbocycles. The summed E-state index contributed by atoms with van der Waals surface area (Å²) in [7, 11) is 0. The fraction of sp³-hybridized carbons (Fsp3) is 0.600. The van der Waals surface area contributed by atoms with E-state index in [9.17, 15) is 0 Å². The van der Waals surface area contributed by atoms with Gasteiger partial charge in [-0.2, -0.15) is 5.26 Å². The third kappa shape index (κ3) is 3.62. The lowest BCUT2D eigenvalue weighted by molar-refractivity contribution is 0.199. The van der Waals surface area contributed by atoms with Crippen LogP contribution in [0.2, 0.25) is 0 Å². The van der Waals surface area contributed by atoms with Crippen LogP contribution < -0.4 is 0 Å². The van der Waals surface area contributed by atoms with Crippen LogP contribution in [0.3, 0.4) is 0 Å². The summed E-state index contributed by atoms with van der Waals surface area (Å²) in [5, 5.41) is 8.67. The van der Waals surface area contributed by atoms with Crippen LogP contribution in [0.5, 0.6) is 0 Å². The lowest BCUT2D eigenvalue weighted by atomic mass is 9.96. The lowest BCUT2D eigenvalue weighted by Crippen LogP contribution is -2.36. The average Bonchev–Trinajstić information content (AvgIpc) is 2.99. The number of benzene rings is 1. The van der Waals surface area contributed by atoms with E-state index in [1.54, 1.807) is 0 Å². The van der Waals surface area contributed by atoms with E-state index in [2.05, 4.69) is 53.6 Å². The van der Waals surface area contributed by atoms with Crippen LogP contribution in [0.15, 0.2) is 24.3 Å². The van der Waals surface area contributed by atoms with E-state index in [-0.39, 0.29) is 0 Å². The van der Waals surface area contributed by atoms with Gasteiger partial charge in [0.2, 0.25) is 0 Å². The predicted octanol–water partition coefficient (Wildman–Crippen LogP) is 4.49. The fourth-order valence-electron chi connectivity index (χ4n) is 3.90. The molecule has 0 spiro atoms. The normalized spacial score (nSPS) is 19.0. The Morgan fingerprint density at radius 3 is 2.92 bits per heavy atom. The van der Waals surface area contributed by atoms with Gasteiger partial charge in [-0.3, -0.25) is 0 Å². The van der Waals surface area contributed by atoms with E-state index in [4.69, 9.17) is 10.2 Å². The Bertz CT molecular complexity index is 710. The molecule has 1 saturated heterocycles. The highest BCUT2D eigenvalue weighted by atomic mass is 15.2. The topological polar surface area (TPSA) is 44.9 Å². The zero-order chi connectivity index (χ0) is 16.9. The highest BCUT2D eigenvalue weighted by Gasteiger charge is 2.26. The van der Waals surface area contributed by atoms with Crippen LogP contribution in [0.4, 0.5) is 0 Å². The standard InChI is InChI=1S/C20H28N4/c1-16(2)24-19-11-5-4-10-18(19)22-20(24)17-9-8-14-23(15-17)13-7-3-6-12-21/h4-5,10-11,16-17H,3,6-9,13-15H2,1-2H3/t17-/m0/s1. The third-order valence-corrected chi connectivity index (χ3v) is 5.02. The number of aromatic nitrogens is 2. The Balaban J connectivity index is 1.77. The summed E-state index contributed by atoms with van der Waals surface area (Å²) in [6.45, 7) is 7.90. The molecule has 1 aliphatic rings. The molecule has 0 N–H and O–H groups in total. The van der Waals surface area contributed by atoms with Crippen LogP contribution >= 0.6 is 0 Å². The number of hydrogen-bond donors (Lipinski definition) is 0. The number of nitrogens with zero attached hydrogens (tertiary/aromatic N) is 4. The molecule has 3 rings (SSSR count). The van der Waals surface area contributed by atoms with E-state index in [0.717, 1.165) is 31.4 Å². The number of imidazole rings is 1. The van der Waals surface area contributed by atoms with Crippen LogP contribution in [0, 0.1) is 11.3 Å². The van der Waals surface area contributed by atoms with E-state index in [1.807, 2.05) is 0 Å². The smallest absolute Gasteiger partial charge is 0.114 e. The van der Waals surface area contributed by atoms with Gasteiger partial charge in [0.05, 0.1) is 17.1 Å². The first-order valence-electron chi connectivity index (χ1n) is 9.27. The average molecular weight is 324 g/mol. The van der Waals surface area contributed by atoms with Crippen molar-refractivity contribution in [3.63, 3.8) is 0 Å². The number of para-hydroxylation sites is 2. The van der Waals surface area contributed by atoms with Crippen molar-refractivity contribution in [2.45, 2.75) is 57.9 Å². The molecule has 4 heteroatoms. The van der Waals surface area contributed by atoms with Gasteiger partial charge in [0.1, 0.15) is 5.82 Å². The minimum atomic E-state index is 0.429. The highest BCUT2D eigenvalue weighted by Crippen LogP contribution is 2.31. The van der Waals surface area contributed by atoms with Crippen LogP contribution in [0.1, 0.15) is 63.7 Å². The molecule has 4 nitrogen and oxygen atoms in total. The van der Waals surface area contributed by atoms with Gasteiger partial charge in [0, 0.05) is 24.9 Å². The van der Waals surface area contributed by atoms with Crippen molar-refractivity contribution in [1.29, 1.82) is 5.26 Å². The monoisotopic (exact) mass is 324 g/mol. The van der Waals surface area contributed by atoms with Gasteiger partial charge in [-0.05, 0) is 64.8 Å². The number of piperidine rings is 1. The summed E-state index contributed by atoms with van der Waals surface area (Å²) in [5.41, 5.74) is 2.38. The maximum Gasteiger partial charge on any atom is 0.114 e. The van der Waals surface area contributed by atoms with Gasteiger partial charge in [-0.15, -0.1) is 0 Å². The van der Waals surface area contributed by atoms with E-state index in [1.165, 1.54) is 30.7 Å². The second-order valence-corrected chi connectivity index (χ2v) is 7.18.